The molecule has 0 radical (unpaired) electrons. The number of anilines is 1. The topological polar surface area (TPSA) is 102 Å². The Kier molecular flexibility index (Phi) is 4.84. The number of nitro groups is 1. The molecule has 2 aromatic rings. The third kappa shape index (κ3) is 3.26. The van der Waals surface area contributed by atoms with Crippen LogP contribution < -0.4 is 4.90 Å². The fourth-order valence-electron chi connectivity index (χ4n) is 4.06. The van der Waals surface area contributed by atoms with Gasteiger partial charge in [-0.3, -0.25) is 4.57 Å². The van der Waals surface area contributed by atoms with E-state index in [1.165, 1.54) is 16.2 Å². The number of sulfonamides is 1. The van der Waals surface area contributed by atoms with Crippen LogP contribution in [0, 0.1) is 10.1 Å². The van der Waals surface area contributed by atoms with Gasteiger partial charge >= 0.3 is 5.82 Å². The number of piperazine rings is 1. The van der Waals surface area contributed by atoms with Gasteiger partial charge in [0.05, 0.1) is 4.90 Å². The van der Waals surface area contributed by atoms with Gasteiger partial charge in [0.25, 0.3) is 0 Å². The summed E-state index contributed by atoms with van der Waals surface area (Å²) < 4.78 is 29.3. The zero-order valence-corrected chi connectivity index (χ0v) is 16.6. The molecule has 1 aromatic heterocycles. The van der Waals surface area contributed by atoms with E-state index in [1.54, 1.807) is 17.7 Å². The Morgan fingerprint density at radius 1 is 1.07 bits per heavy atom. The first-order valence-electron chi connectivity index (χ1n) is 9.40. The molecule has 1 aliphatic carbocycles. The number of fused-ring (bicyclic) bond motifs is 1. The second-order valence-electron chi connectivity index (χ2n) is 7.29. The first kappa shape index (κ1) is 18.9. The maximum atomic E-state index is 13.1. The molecule has 1 aromatic carbocycles. The normalized spacial score (nSPS) is 18.1. The Bertz CT molecular complexity index is 1010. The minimum Gasteiger partial charge on any atom is -0.358 e. The molecule has 0 bridgehead atoms. The van der Waals surface area contributed by atoms with Crippen LogP contribution >= 0.6 is 0 Å². The summed E-state index contributed by atoms with van der Waals surface area (Å²) >= 11 is 0. The van der Waals surface area contributed by atoms with Crippen molar-refractivity contribution >= 4 is 21.7 Å². The predicted octanol–water partition coefficient (Wildman–Crippen LogP) is 1.72. The molecule has 1 fully saturated rings. The summed E-state index contributed by atoms with van der Waals surface area (Å²) in [6.45, 7) is 1.32. The average molecular weight is 405 g/mol. The Morgan fingerprint density at radius 2 is 1.75 bits per heavy atom. The number of imidazole rings is 1. The second-order valence-corrected chi connectivity index (χ2v) is 9.23. The molecule has 4 rings (SSSR count). The lowest BCUT2D eigenvalue weighted by atomic mass is 9.92. The second kappa shape index (κ2) is 7.17. The molecule has 2 heterocycles. The van der Waals surface area contributed by atoms with Gasteiger partial charge < -0.3 is 15.0 Å². The first-order valence-corrected chi connectivity index (χ1v) is 10.8. The minimum absolute atomic E-state index is 0.200. The number of aromatic nitrogens is 2. The number of rotatable bonds is 4. The first-order chi connectivity index (χ1) is 13.4. The van der Waals surface area contributed by atoms with Gasteiger partial charge in [0.2, 0.25) is 22.2 Å². The van der Waals surface area contributed by atoms with Gasteiger partial charge in [-0.05, 0) is 58.9 Å². The summed E-state index contributed by atoms with van der Waals surface area (Å²) in [4.78, 5) is 16.7. The van der Waals surface area contributed by atoms with Crippen LogP contribution in [-0.2, 0) is 29.9 Å². The quantitative estimate of drug-likeness (QED) is 0.567. The summed E-state index contributed by atoms with van der Waals surface area (Å²) in [6.07, 6.45) is 5.60. The summed E-state index contributed by atoms with van der Waals surface area (Å²) in [5.41, 5.74) is 2.38. The third-order valence-electron chi connectivity index (χ3n) is 5.56. The lowest BCUT2D eigenvalue weighted by Gasteiger charge is -2.34. The maximum Gasteiger partial charge on any atom is 0.406 e. The fourth-order valence-corrected chi connectivity index (χ4v) is 5.54. The summed E-state index contributed by atoms with van der Waals surface area (Å²) in [6, 6.07) is 5.47. The van der Waals surface area contributed by atoms with Crippen LogP contribution in [0.5, 0.6) is 0 Å². The van der Waals surface area contributed by atoms with Crippen molar-refractivity contribution in [1.82, 2.24) is 13.9 Å². The van der Waals surface area contributed by atoms with Crippen molar-refractivity contribution < 1.29 is 13.3 Å². The Labute approximate surface area is 163 Å². The van der Waals surface area contributed by atoms with Crippen molar-refractivity contribution in [2.75, 3.05) is 31.1 Å². The number of benzene rings is 1. The largest absolute Gasteiger partial charge is 0.406 e. The number of aryl methyl sites for hydroxylation is 3. The van der Waals surface area contributed by atoms with E-state index in [0.717, 1.165) is 31.2 Å². The molecule has 0 N–H and O–H groups in total. The Hall–Kier alpha value is -2.46. The molecule has 1 aliphatic heterocycles. The van der Waals surface area contributed by atoms with Crippen LogP contribution in [0.1, 0.15) is 24.0 Å². The zero-order chi connectivity index (χ0) is 19.9. The van der Waals surface area contributed by atoms with E-state index in [9.17, 15) is 18.5 Å². The average Bonchev–Trinajstić information content (AvgIpc) is 3.09. The molecule has 9 nitrogen and oxygen atoms in total. The van der Waals surface area contributed by atoms with E-state index >= 15 is 0 Å². The standard InChI is InChI=1S/C18H23N5O4S/c1-20-13-19-17(23(24)25)18(20)21-8-10-22(11-9-21)28(26,27)16-7-6-14-4-2-3-5-15(14)12-16/h6-7,12-13H,2-5,8-11H2,1H3. The van der Waals surface area contributed by atoms with Gasteiger partial charge in [0.1, 0.15) is 0 Å². The molecule has 150 valence electrons. The summed E-state index contributed by atoms with van der Waals surface area (Å²) in [5, 5.41) is 11.2. The fraction of sp³-hybridized carbons (Fsp3) is 0.500. The highest BCUT2D eigenvalue weighted by molar-refractivity contribution is 7.89. The van der Waals surface area contributed by atoms with Crippen molar-refractivity contribution in [2.45, 2.75) is 30.6 Å². The highest BCUT2D eigenvalue weighted by Crippen LogP contribution is 2.29. The van der Waals surface area contributed by atoms with Gasteiger partial charge in [0, 0.05) is 33.2 Å². The van der Waals surface area contributed by atoms with Crippen LogP contribution in [0.4, 0.5) is 11.6 Å². The Morgan fingerprint density at radius 3 is 2.43 bits per heavy atom. The van der Waals surface area contributed by atoms with Gasteiger partial charge in [0.15, 0.2) is 0 Å². The lowest BCUT2D eigenvalue weighted by Crippen LogP contribution is -2.49. The molecular weight excluding hydrogens is 382 g/mol. The van der Waals surface area contributed by atoms with Crippen LogP contribution in [-0.4, -0.2) is 53.4 Å². The zero-order valence-electron chi connectivity index (χ0n) is 15.7. The van der Waals surface area contributed by atoms with E-state index in [-0.39, 0.29) is 18.9 Å². The van der Waals surface area contributed by atoms with Crippen molar-refractivity contribution in [3.8, 4) is 0 Å². The van der Waals surface area contributed by atoms with Crippen LogP contribution in [0.2, 0.25) is 0 Å². The van der Waals surface area contributed by atoms with Crippen molar-refractivity contribution in [1.29, 1.82) is 0 Å². The van der Waals surface area contributed by atoms with Gasteiger partial charge in [-0.2, -0.15) is 4.31 Å². The minimum atomic E-state index is -3.57. The van der Waals surface area contributed by atoms with Crippen molar-refractivity contribution in [3.63, 3.8) is 0 Å². The van der Waals surface area contributed by atoms with Gasteiger partial charge in [-0.25, -0.2) is 8.42 Å². The molecule has 2 aliphatic rings. The highest BCUT2D eigenvalue weighted by Gasteiger charge is 2.33. The molecule has 0 unspecified atom stereocenters. The smallest absolute Gasteiger partial charge is 0.358 e. The van der Waals surface area contributed by atoms with Crippen LogP contribution in [0.15, 0.2) is 29.4 Å². The van der Waals surface area contributed by atoms with Gasteiger partial charge in [-0.15, -0.1) is 0 Å². The molecule has 10 heteroatoms. The van der Waals surface area contributed by atoms with E-state index in [1.807, 2.05) is 17.0 Å². The van der Waals surface area contributed by atoms with E-state index in [2.05, 4.69) is 4.98 Å². The number of hydrogen-bond donors (Lipinski definition) is 0. The molecule has 0 spiro atoms. The summed E-state index contributed by atoms with van der Waals surface area (Å²) in [5.74, 6) is 0.212. The van der Waals surface area contributed by atoms with E-state index in [4.69, 9.17) is 0 Å². The predicted molar refractivity (Wildman–Crippen MR) is 104 cm³/mol. The SMILES string of the molecule is Cn1cnc([N+](=O)[O-])c1N1CCN(S(=O)(=O)c2ccc3c(c2)CCCC3)CC1. The van der Waals surface area contributed by atoms with E-state index < -0.39 is 14.9 Å². The van der Waals surface area contributed by atoms with E-state index in [0.29, 0.717) is 23.8 Å². The third-order valence-corrected chi connectivity index (χ3v) is 7.45. The molecule has 28 heavy (non-hydrogen) atoms. The highest BCUT2D eigenvalue weighted by atomic mass is 32.2. The van der Waals surface area contributed by atoms with Crippen molar-refractivity contribution in [2.24, 2.45) is 7.05 Å². The molecule has 0 amide bonds. The lowest BCUT2D eigenvalue weighted by molar-refractivity contribution is -0.388. The molecule has 0 atom stereocenters. The van der Waals surface area contributed by atoms with Crippen molar-refractivity contribution in [3.05, 3.63) is 45.8 Å². The molecule has 0 saturated carbocycles. The Balaban J connectivity index is 1.52. The molecular formula is C18H23N5O4S. The number of nitrogens with zero attached hydrogens (tertiary/aromatic N) is 5. The monoisotopic (exact) mass is 405 g/mol. The molecule has 1 saturated heterocycles. The van der Waals surface area contributed by atoms with Crippen LogP contribution in [0.25, 0.3) is 0 Å². The van der Waals surface area contributed by atoms with Gasteiger partial charge in [-0.1, -0.05) is 6.07 Å². The maximum absolute atomic E-state index is 13.1. The summed E-state index contributed by atoms with van der Waals surface area (Å²) in [7, 11) is -1.87. The van der Waals surface area contributed by atoms with Crippen LogP contribution in [0.3, 0.4) is 0 Å². The number of hydrogen-bond acceptors (Lipinski definition) is 6.